The van der Waals surface area contributed by atoms with E-state index in [2.05, 4.69) is 22.8 Å². The van der Waals surface area contributed by atoms with Crippen molar-refractivity contribution in [2.75, 3.05) is 12.9 Å². The Morgan fingerprint density at radius 2 is 2.73 bits per heavy atom. The van der Waals surface area contributed by atoms with E-state index in [-0.39, 0.29) is 5.44 Å². The molecule has 1 heterocycles. The van der Waals surface area contributed by atoms with Crippen molar-refractivity contribution in [1.29, 1.82) is 0 Å². The van der Waals surface area contributed by atoms with Gasteiger partial charge in [0.05, 0.1) is 0 Å². The minimum atomic E-state index is 0.0753. The lowest BCUT2D eigenvalue weighted by Gasteiger charge is -2.07. The normalized spacial score (nSPS) is 13.3. The first-order valence-corrected chi connectivity index (χ1v) is 5.32. The fourth-order valence-corrected chi connectivity index (χ4v) is 2.30. The number of hydrogen-bond acceptors (Lipinski definition) is 6. The third kappa shape index (κ3) is 2.98. The predicted molar refractivity (Wildman–Crippen MR) is 50.4 cm³/mol. The van der Waals surface area contributed by atoms with Crippen molar-refractivity contribution in [1.82, 2.24) is 10.2 Å². The van der Waals surface area contributed by atoms with Crippen molar-refractivity contribution >= 4 is 35.7 Å². The van der Waals surface area contributed by atoms with Gasteiger partial charge >= 0.3 is 0 Å². The van der Waals surface area contributed by atoms with Gasteiger partial charge in [-0.1, -0.05) is 23.1 Å². The van der Waals surface area contributed by atoms with Crippen LogP contribution in [0.25, 0.3) is 0 Å². The van der Waals surface area contributed by atoms with E-state index >= 15 is 0 Å². The highest BCUT2D eigenvalue weighted by Gasteiger charge is 2.08. The Hall–Kier alpha value is 0.220. The van der Waals surface area contributed by atoms with Crippen LogP contribution in [0, 0.1) is 0 Å². The molecule has 0 N–H and O–H groups in total. The standard InChI is InChI=1S/C5H8N2OS3/c1-8-4(2-9)11-5-7-6-3-10-5/h3-4,9H,2H2,1H3. The molecule has 3 nitrogen and oxygen atoms in total. The lowest BCUT2D eigenvalue weighted by Crippen LogP contribution is -2.06. The molecule has 1 aromatic rings. The lowest BCUT2D eigenvalue weighted by molar-refractivity contribution is 0.191. The van der Waals surface area contributed by atoms with Crippen molar-refractivity contribution in [2.24, 2.45) is 0 Å². The molecular formula is C5H8N2OS3. The molecule has 1 unspecified atom stereocenters. The van der Waals surface area contributed by atoms with Crippen LogP contribution in [0.4, 0.5) is 0 Å². The van der Waals surface area contributed by atoms with Gasteiger partial charge in [-0.15, -0.1) is 10.2 Å². The molecule has 0 radical (unpaired) electrons. The summed E-state index contributed by atoms with van der Waals surface area (Å²) in [5.41, 5.74) is 1.78. The van der Waals surface area contributed by atoms with Crippen molar-refractivity contribution in [2.45, 2.75) is 9.78 Å². The first kappa shape index (κ1) is 9.31. The van der Waals surface area contributed by atoms with Crippen LogP contribution in [0.5, 0.6) is 0 Å². The SMILES string of the molecule is COC(CS)Sc1nncs1. The number of thiol groups is 1. The van der Waals surface area contributed by atoms with E-state index in [0.29, 0.717) is 5.75 Å². The number of thioether (sulfide) groups is 1. The Morgan fingerprint density at radius 1 is 1.91 bits per heavy atom. The Bertz CT molecular complexity index is 188. The molecule has 0 aliphatic carbocycles. The molecule has 0 aliphatic heterocycles. The van der Waals surface area contributed by atoms with Gasteiger partial charge < -0.3 is 4.74 Å². The average molecular weight is 208 g/mol. The van der Waals surface area contributed by atoms with Gasteiger partial charge in [0, 0.05) is 12.9 Å². The van der Waals surface area contributed by atoms with Crippen molar-refractivity contribution < 1.29 is 4.74 Å². The monoisotopic (exact) mass is 208 g/mol. The number of methoxy groups -OCH3 is 1. The van der Waals surface area contributed by atoms with Gasteiger partial charge in [0.2, 0.25) is 0 Å². The lowest BCUT2D eigenvalue weighted by atomic mass is 10.8. The Labute approximate surface area is 79.0 Å². The molecular weight excluding hydrogens is 200 g/mol. The summed E-state index contributed by atoms with van der Waals surface area (Å²) in [6.45, 7) is 0. The van der Waals surface area contributed by atoms with Crippen molar-refractivity contribution in [3.05, 3.63) is 5.51 Å². The van der Waals surface area contributed by atoms with Crippen LogP contribution >= 0.6 is 35.7 Å². The van der Waals surface area contributed by atoms with E-state index in [1.165, 1.54) is 11.3 Å². The summed E-state index contributed by atoms with van der Waals surface area (Å²) in [4.78, 5) is 0. The van der Waals surface area contributed by atoms with E-state index in [9.17, 15) is 0 Å². The molecule has 1 atom stereocenters. The van der Waals surface area contributed by atoms with Crippen molar-refractivity contribution in [3.8, 4) is 0 Å². The maximum atomic E-state index is 5.10. The minimum absolute atomic E-state index is 0.0753. The molecule has 0 saturated carbocycles. The van der Waals surface area contributed by atoms with Crippen LogP contribution in [-0.2, 0) is 4.74 Å². The molecule has 1 rings (SSSR count). The number of rotatable bonds is 4. The zero-order valence-corrected chi connectivity index (χ0v) is 8.46. The van der Waals surface area contributed by atoms with Crippen molar-refractivity contribution in [3.63, 3.8) is 0 Å². The highest BCUT2D eigenvalue weighted by molar-refractivity contribution is 8.02. The van der Waals surface area contributed by atoms with Crippen LogP contribution in [0.1, 0.15) is 0 Å². The third-order valence-electron chi connectivity index (χ3n) is 0.984. The number of aromatic nitrogens is 2. The quantitative estimate of drug-likeness (QED) is 0.462. The molecule has 6 heteroatoms. The van der Waals surface area contributed by atoms with Crippen LogP contribution in [0.2, 0.25) is 0 Å². The van der Waals surface area contributed by atoms with E-state index in [1.807, 2.05) is 0 Å². The number of ether oxygens (including phenoxy) is 1. The molecule has 0 fully saturated rings. The molecule has 1 aromatic heterocycles. The van der Waals surface area contributed by atoms with E-state index < -0.39 is 0 Å². The van der Waals surface area contributed by atoms with Crippen LogP contribution in [-0.4, -0.2) is 28.5 Å². The predicted octanol–water partition coefficient (Wildman–Crippen LogP) is 1.53. The summed E-state index contributed by atoms with van der Waals surface area (Å²) in [6, 6.07) is 0. The summed E-state index contributed by atoms with van der Waals surface area (Å²) >= 11 is 7.17. The second-order valence-corrected chi connectivity index (χ2v) is 4.28. The van der Waals surface area contributed by atoms with Gasteiger partial charge in [0.1, 0.15) is 10.9 Å². The first-order chi connectivity index (χ1) is 5.36. The Morgan fingerprint density at radius 3 is 3.18 bits per heavy atom. The van der Waals surface area contributed by atoms with Gasteiger partial charge in [0.25, 0.3) is 0 Å². The Kier molecular flexibility index (Phi) is 4.21. The molecule has 0 bridgehead atoms. The molecule has 0 amide bonds. The summed E-state index contributed by atoms with van der Waals surface area (Å²) < 4.78 is 6.02. The van der Waals surface area contributed by atoms with Gasteiger partial charge in [0.15, 0.2) is 4.34 Å². The van der Waals surface area contributed by atoms with E-state index in [1.54, 1.807) is 24.4 Å². The highest BCUT2D eigenvalue weighted by Crippen LogP contribution is 2.24. The van der Waals surface area contributed by atoms with E-state index in [4.69, 9.17) is 4.74 Å². The van der Waals surface area contributed by atoms with Crippen LogP contribution < -0.4 is 0 Å². The minimum Gasteiger partial charge on any atom is -0.370 e. The van der Waals surface area contributed by atoms with Crippen LogP contribution in [0.15, 0.2) is 9.85 Å². The molecule has 0 aromatic carbocycles. The van der Waals surface area contributed by atoms with Crippen LogP contribution in [0.3, 0.4) is 0 Å². The largest absolute Gasteiger partial charge is 0.370 e. The zero-order chi connectivity index (χ0) is 8.10. The Balaban J connectivity index is 2.41. The molecule has 0 saturated heterocycles. The fourth-order valence-electron chi connectivity index (χ4n) is 0.487. The average Bonchev–Trinajstić information content (AvgIpc) is 2.52. The second kappa shape index (κ2) is 4.97. The van der Waals surface area contributed by atoms with Gasteiger partial charge in [-0.05, 0) is 0 Å². The maximum Gasteiger partial charge on any atom is 0.176 e. The second-order valence-electron chi connectivity index (χ2n) is 1.67. The summed E-state index contributed by atoms with van der Waals surface area (Å²) in [5, 5.41) is 7.58. The van der Waals surface area contributed by atoms with Gasteiger partial charge in [-0.2, -0.15) is 12.6 Å². The summed E-state index contributed by atoms with van der Waals surface area (Å²) in [7, 11) is 1.66. The summed E-state index contributed by atoms with van der Waals surface area (Å²) in [6.07, 6.45) is 0. The van der Waals surface area contributed by atoms with Gasteiger partial charge in [-0.25, -0.2) is 0 Å². The first-order valence-electron chi connectivity index (χ1n) is 2.93. The molecule has 0 aliphatic rings. The topological polar surface area (TPSA) is 35.0 Å². The number of nitrogens with zero attached hydrogens (tertiary/aromatic N) is 2. The van der Waals surface area contributed by atoms with Gasteiger partial charge in [-0.3, -0.25) is 0 Å². The van der Waals surface area contributed by atoms with E-state index in [0.717, 1.165) is 4.34 Å². The number of hydrogen-bond donors (Lipinski definition) is 1. The molecule has 11 heavy (non-hydrogen) atoms. The maximum absolute atomic E-state index is 5.10. The fraction of sp³-hybridized carbons (Fsp3) is 0.600. The molecule has 0 spiro atoms. The zero-order valence-electron chi connectivity index (χ0n) is 5.93. The molecule has 62 valence electrons. The third-order valence-corrected chi connectivity index (χ3v) is 3.53. The smallest absolute Gasteiger partial charge is 0.176 e. The highest BCUT2D eigenvalue weighted by atomic mass is 32.2. The summed E-state index contributed by atoms with van der Waals surface area (Å²) in [5.74, 6) is 0.681.